The van der Waals surface area contributed by atoms with Gasteiger partial charge in [-0.05, 0) is 30.3 Å². The smallest absolute Gasteiger partial charge is 0.323 e. The summed E-state index contributed by atoms with van der Waals surface area (Å²) < 4.78 is 19.2. The highest BCUT2D eigenvalue weighted by Gasteiger charge is 2.07. The Bertz CT molecular complexity index is 634. The summed E-state index contributed by atoms with van der Waals surface area (Å²) in [6, 6.07) is 10.7. The summed E-state index contributed by atoms with van der Waals surface area (Å²) in [5, 5.41) is 5.04. The molecule has 104 valence electrons. The predicted octanol–water partition coefficient (Wildman–Crippen LogP) is 4.24. The zero-order valence-corrected chi connectivity index (χ0v) is 12.2. The first-order chi connectivity index (χ1) is 9.58. The maximum atomic E-state index is 13.6. The average Bonchev–Trinajstić information content (AvgIpc) is 2.42. The molecule has 20 heavy (non-hydrogen) atoms. The van der Waals surface area contributed by atoms with Gasteiger partial charge in [0.15, 0.2) is 0 Å². The zero-order valence-electron chi connectivity index (χ0n) is 10.6. The van der Waals surface area contributed by atoms with Gasteiger partial charge in [-0.1, -0.05) is 22.0 Å². The second kappa shape index (κ2) is 6.38. The van der Waals surface area contributed by atoms with Crippen LogP contribution in [0.3, 0.4) is 0 Å². The Morgan fingerprint density at radius 3 is 2.70 bits per heavy atom. The summed E-state index contributed by atoms with van der Waals surface area (Å²) in [5.74, 6) is 0.109. The van der Waals surface area contributed by atoms with Crippen molar-refractivity contribution in [2.24, 2.45) is 0 Å². The van der Waals surface area contributed by atoms with E-state index in [1.54, 1.807) is 30.3 Å². The van der Waals surface area contributed by atoms with Crippen LogP contribution >= 0.6 is 15.9 Å². The Morgan fingerprint density at radius 1 is 1.20 bits per heavy atom. The van der Waals surface area contributed by atoms with E-state index in [1.165, 1.54) is 19.2 Å². The molecule has 0 aromatic heterocycles. The molecule has 0 heterocycles. The Kier molecular flexibility index (Phi) is 4.57. The summed E-state index contributed by atoms with van der Waals surface area (Å²) in [4.78, 5) is 11.8. The van der Waals surface area contributed by atoms with Crippen molar-refractivity contribution in [2.45, 2.75) is 0 Å². The van der Waals surface area contributed by atoms with Crippen molar-refractivity contribution >= 4 is 33.3 Å². The molecule has 0 saturated heterocycles. The molecule has 0 aliphatic rings. The molecule has 0 saturated carbocycles. The highest BCUT2D eigenvalue weighted by molar-refractivity contribution is 9.10. The minimum absolute atomic E-state index is 0.105. The van der Waals surface area contributed by atoms with E-state index in [-0.39, 0.29) is 5.69 Å². The highest BCUT2D eigenvalue weighted by Crippen LogP contribution is 2.20. The SMILES string of the molecule is COc1cccc(NC(=O)Nc2ccc(Br)cc2F)c1. The van der Waals surface area contributed by atoms with Gasteiger partial charge in [0.1, 0.15) is 11.6 Å². The number of rotatable bonds is 3. The summed E-state index contributed by atoms with van der Waals surface area (Å²) in [7, 11) is 1.54. The fourth-order valence-corrected chi connectivity index (χ4v) is 1.91. The number of carbonyl (C=O) groups is 1. The van der Waals surface area contributed by atoms with E-state index in [0.29, 0.717) is 15.9 Å². The molecule has 0 bridgehead atoms. The van der Waals surface area contributed by atoms with E-state index >= 15 is 0 Å². The van der Waals surface area contributed by atoms with Gasteiger partial charge in [-0.2, -0.15) is 0 Å². The molecule has 2 aromatic rings. The van der Waals surface area contributed by atoms with Crippen molar-refractivity contribution < 1.29 is 13.9 Å². The van der Waals surface area contributed by atoms with Crippen molar-refractivity contribution in [2.75, 3.05) is 17.7 Å². The standard InChI is InChI=1S/C14H12BrFN2O2/c1-20-11-4-2-3-10(8-11)17-14(19)18-13-6-5-9(15)7-12(13)16/h2-8H,1H3,(H2,17,18,19). The lowest BCUT2D eigenvalue weighted by atomic mass is 10.3. The molecule has 0 spiro atoms. The molecule has 0 aliphatic carbocycles. The molecule has 2 aromatic carbocycles. The Morgan fingerprint density at radius 2 is 2.00 bits per heavy atom. The number of hydrogen-bond acceptors (Lipinski definition) is 2. The van der Waals surface area contributed by atoms with E-state index in [0.717, 1.165) is 0 Å². The van der Waals surface area contributed by atoms with E-state index in [9.17, 15) is 9.18 Å². The Balaban J connectivity index is 2.05. The molecule has 0 radical (unpaired) electrons. The molecule has 2 N–H and O–H groups in total. The maximum absolute atomic E-state index is 13.6. The number of carbonyl (C=O) groups excluding carboxylic acids is 1. The fourth-order valence-electron chi connectivity index (χ4n) is 1.58. The third-order valence-corrected chi connectivity index (χ3v) is 3.00. The van der Waals surface area contributed by atoms with Crippen molar-refractivity contribution in [1.29, 1.82) is 0 Å². The molecule has 2 amide bonds. The van der Waals surface area contributed by atoms with Crippen LogP contribution in [0.4, 0.5) is 20.6 Å². The lowest BCUT2D eigenvalue weighted by Gasteiger charge is -2.09. The highest BCUT2D eigenvalue weighted by atomic mass is 79.9. The van der Waals surface area contributed by atoms with Crippen LogP contribution in [-0.4, -0.2) is 13.1 Å². The van der Waals surface area contributed by atoms with Crippen LogP contribution in [0.25, 0.3) is 0 Å². The zero-order chi connectivity index (χ0) is 14.5. The predicted molar refractivity (Wildman–Crippen MR) is 79.7 cm³/mol. The third-order valence-electron chi connectivity index (χ3n) is 2.51. The van der Waals surface area contributed by atoms with Gasteiger partial charge in [0.2, 0.25) is 0 Å². The van der Waals surface area contributed by atoms with Gasteiger partial charge in [0.25, 0.3) is 0 Å². The van der Waals surface area contributed by atoms with Gasteiger partial charge in [0, 0.05) is 16.2 Å². The monoisotopic (exact) mass is 338 g/mol. The minimum Gasteiger partial charge on any atom is -0.497 e. The number of anilines is 2. The number of urea groups is 1. The molecule has 0 fully saturated rings. The largest absolute Gasteiger partial charge is 0.497 e. The number of hydrogen-bond donors (Lipinski definition) is 2. The first-order valence-corrected chi connectivity index (χ1v) is 6.55. The number of halogens is 2. The number of benzene rings is 2. The van der Waals surface area contributed by atoms with Crippen LogP contribution in [-0.2, 0) is 0 Å². The van der Waals surface area contributed by atoms with Gasteiger partial charge >= 0.3 is 6.03 Å². The molecule has 0 aliphatic heterocycles. The van der Waals surface area contributed by atoms with Crippen LogP contribution in [0.1, 0.15) is 0 Å². The first kappa shape index (κ1) is 14.3. The summed E-state index contributed by atoms with van der Waals surface area (Å²) >= 11 is 3.15. The van der Waals surface area contributed by atoms with Crippen LogP contribution in [0.5, 0.6) is 5.75 Å². The lowest BCUT2D eigenvalue weighted by molar-refractivity contribution is 0.262. The van der Waals surface area contributed by atoms with E-state index in [2.05, 4.69) is 26.6 Å². The molecule has 2 rings (SSSR count). The van der Waals surface area contributed by atoms with Crippen LogP contribution in [0.15, 0.2) is 46.9 Å². The maximum Gasteiger partial charge on any atom is 0.323 e. The van der Waals surface area contributed by atoms with Crippen LogP contribution < -0.4 is 15.4 Å². The lowest BCUT2D eigenvalue weighted by Crippen LogP contribution is -2.20. The van der Waals surface area contributed by atoms with Crippen molar-refractivity contribution in [1.82, 2.24) is 0 Å². The second-order valence-electron chi connectivity index (χ2n) is 3.94. The summed E-state index contributed by atoms with van der Waals surface area (Å²) in [6.45, 7) is 0. The van der Waals surface area contributed by atoms with E-state index in [1.807, 2.05) is 0 Å². The number of ether oxygens (including phenoxy) is 1. The molecule has 0 unspecified atom stereocenters. The normalized spacial score (nSPS) is 9.95. The molecular formula is C14H12BrFN2O2. The average molecular weight is 339 g/mol. The molecule has 0 atom stereocenters. The van der Waals surface area contributed by atoms with Crippen LogP contribution in [0, 0.1) is 5.82 Å². The first-order valence-electron chi connectivity index (χ1n) is 5.75. The summed E-state index contributed by atoms with van der Waals surface area (Å²) in [5.41, 5.74) is 0.660. The quantitative estimate of drug-likeness (QED) is 0.879. The van der Waals surface area contributed by atoms with Crippen molar-refractivity contribution in [3.8, 4) is 5.75 Å². The molecular weight excluding hydrogens is 327 g/mol. The number of methoxy groups -OCH3 is 1. The molecule has 4 nitrogen and oxygen atoms in total. The Labute approximate surface area is 124 Å². The number of amides is 2. The topological polar surface area (TPSA) is 50.4 Å². The summed E-state index contributed by atoms with van der Waals surface area (Å²) in [6.07, 6.45) is 0. The van der Waals surface area contributed by atoms with E-state index in [4.69, 9.17) is 4.74 Å². The van der Waals surface area contributed by atoms with Gasteiger partial charge in [-0.25, -0.2) is 9.18 Å². The van der Waals surface area contributed by atoms with Crippen molar-refractivity contribution in [3.63, 3.8) is 0 Å². The van der Waals surface area contributed by atoms with Gasteiger partial charge < -0.3 is 15.4 Å². The third kappa shape index (κ3) is 3.71. The fraction of sp³-hybridized carbons (Fsp3) is 0.0714. The van der Waals surface area contributed by atoms with Gasteiger partial charge in [0.05, 0.1) is 12.8 Å². The van der Waals surface area contributed by atoms with Gasteiger partial charge in [-0.3, -0.25) is 0 Å². The van der Waals surface area contributed by atoms with Gasteiger partial charge in [-0.15, -0.1) is 0 Å². The molecule has 6 heteroatoms. The second-order valence-corrected chi connectivity index (χ2v) is 4.85. The Hall–Kier alpha value is -2.08. The van der Waals surface area contributed by atoms with E-state index < -0.39 is 11.8 Å². The minimum atomic E-state index is -0.528. The van der Waals surface area contributed by atoms with Crippen LogP contribution in [0.2, 0.25) is 0 Å². The van der Waals surface area contributed by atoms with Crippen molar-refractivity contribution in [3.05, 3.63) is 52.8 Å². The number of nitrogens with one attached hydrogen (secondary N) is 2.